The van der Waals surface area contributed by atoms with E-state index in [2.05, 4.69) is 141 Å². The number of rotatable bonds is 9. The second-order valence-electron chi connectivity index (χ2n) is 12.5. The lowest BCUT2D eigenvalue weighted by molar-refractivity contribution is 0.0352. The van der Waals surface area contributed by atoms with Crippen LogP contribution in [0.4, 0.5) is 0 Å². The summed E-state index contributed by atoms with van der Waals surface area (Å²) >= 11 is 0. The molecule has 0 heterocycles. The van der Waals surface area contributed by atoms with Gasteiger partial charge in [-0.3, -0.25) is 4.52 Å². The zero-order chi connectivity index (χ0) is 32.5. The Hall–Kier alpha value is -4.63. The van der Waals surface area contributed by atoms with Gasteiger partial charge in [0.1, 0.15) is 5.60 Å². The van der Waals surface area contributed by atoms with E-state index in [9.17, 15) is 0 Å². The number of hydrogen-bond acceptors (Lipinski definition) is 3. The third-order valence-electron chi connectivity index (χ3n) is 9.59. The maximum Gasteiger partial charge on any atom is 0.335 e. The predicted octanol–water partition coefficient (Wildman–Crippen LogP) is 12.3. The maximum absolute atomic E-state index is 7.61. The van der Waals surface area contributed by atoms with E-state index in [0.717, 1.165) is 22.3 Å². The Kier molecular flexibility index (Phi) is 8.38. The Morgan fingerprint density at radius 1 is 0.500 bits per heavy atom. The van der Waals surface area contributed by atoms with Crippen molar-refractivity contribution < 1.29 is 13.6 Å². The van der Waals surface area contributed by atoms with E-state index in [1.165, 1.54) is 38.2 Å². The molecule has 48 heavy (non-hydrogen) atoms. The second kappa shape index (κ2) is 13.1. The van der Waals surface area contributed by atoms with Gasteiger partial charge in [0.05, 0.1) is 12.2 Å². The van der Waals surface area contributed by atoms with Gasteiger partial charge < -0.3 is 9.05 Å². The molecule has 1 aliphatic rings. The van der Waals surface area contributed by atoms with Gasteiger partial charge in [0.25, 0.3) is 0 Å². The van der Waals surface area contributed by atoms with Crippen LogP contribution >= 0.6 is 8.60 Å². The smallest absolute Gasteiger partial charge is 0.304 e. The summed E-state index contributed by atoms with van der Waals surface area (Å²) in [6, 6.07) is 57.6. The Morgan fingerprint density at radius 2 is 0.979 bits per heavy atom. The highest BCUT2D eigenvalue weighted by Crippen LogP contribution is 2.60. The van der Waals surface area contributed by atoms with Crippen molar-refractivity contribution in [2.24, 2.45) is 0 Å². The monoisotopic (exact) mass is 644 g/mol. The van der Waals surface area contributed by atoms with Gasteiger partial charge in [-0.15, -0.1) is 0 Å². The molecule has 7 aromatic carbocycles. The standard InChI is InChI=1S/C44H37O3P/c1-31(33-16-6-3-7-17-33)45-48(46-32(2)34-18-8-4-9-19-34)47-44(37-22-10-5-11-23-37)30-42-38-24-14-12-20-35(38)26-28-40(42)41-29-27-36-21-13-15-25-39(36)43(41)44/h3-29,31-32H,30H2,1-2H3. The first-order valence-corrected chi connectivity index (χ1v) is 17.7. The fourth-order valence-corrected chi connectivity index (χ4v) is 8.57. The van der Waals surface area contributed by atoms with Crippen LogP contribution < -0.4 is 0 Å². The molecule has 0 N–H and O–H groups in total. The third-order valence-corrected chi connectivity index (χ3v) is 11.0. The molecule has 0 saturated carbocycles. The van der Waals surface area contributed by atoms with Crippen LogP contribution in [0, 0.1) is 0 Å². The second-order valence-corrected chi connectivity index (χ2v) is 13.6. The van der Waals surface area contributed by atoms with Gasteiger partial charge >= 0.3 is 8.60 Å². The van der Waals surface area contributed by atoms with E-state index in [-0.39, 0.29) is 12.2 Å². The van der Waals surface area contributed by atoms with Gasteiger partial charge in [0.2, 0.25) is 0 Å². The summed E-state index contributed by atoms with van der Waals surface area (Å²) in [5.41, 5.74) is 7.13. The minimum absolute atomic E-state index is 0.253. The summed E-state index contributed by atoms with van der Waals surface area (Å²) in [5.74, 6) is 0. The quantitative estimate of drug-likeness (QED) is 0.146. The zero-order valence-electron chi connectivity index (χ0n) is 27.1. The molecule has 0 bridgehead atoms. The van der Waals surface area contributed by atoms with E-state index in [0.29, 0.717) is 6.42 Å². The van der Waals surface area contributed by atoms with Gasteiger partial charge in [0, 0.05) is 12.0 Å². The van der Waals surface area contributed by atoms with Crippen LogP contribution in [-0.4, -0.2) is 0 Å². The topological polar surface area (TPSA) is 27.7 Å². The first kappa shape index (κ1) is 30.7. The lowest BCUT2D eigenvalue weighted by atomic mass is 9.70. The molecule has 0 amide bonds. The lowest BCUT2D eigenvalue weighted by Gasteiger charge is -2.43. The highest BCUT2D eigenvalue weighted by molar-refractivity contribution is 7.41. The van der Waals surface area contributed by atoms with Crippen LogP contribution in [0.3, 0.4) is 0 Å². The Morgan fingerprint density at radius 3 is 1.58 bits per heavy atom. The van der Waals surface area contributed by atoms with Crippen molar-refractivity contribution in [1.82, 2.24) is 0 Å². The SMILES string of the molecule is CC(OP(OC(C)c1ccccc1)OC1(c2ccccc2)Cc2c(ccc3ccccc23)-c2ccc3ccccc3c21)c1ccccc1. The number of hydrogen-bond donors (Lipinski definition) is 0. The van der Waals surface area contributed by atoms with Crippen molar-refractivity contribution in [2.75, 3.05) is 0 Å². The molecule has 3 nitrogen and oxygen atoms in total. The predicted molar refractivity (Wildman–Crippen MR) is 198 cm³/mol. The minimum Gasteiger partial charge on any atom is -0.304 e. The van der Waals surface area contributed by atoms with E-state index in [1.54, 1.807) is 0 Å². The molecule has 0 aromatic heterocycles. The largest absolute Gasteiger partial charge is 0.335 e. The summed E-state index contributed by atoms with van der Waals surface area (Å²) < 4.78 is 21.4. The van der Waals surface area contributed by atoms with Gasteiger partial charge in [-0.05, 0) is 68.8 Å². The lowest BCUT2D eigenvalue weighted by Crippen LogP contribution is -2.36. The minimum atomic E-state index is -1.89. The van der Waals surface area contributed by atoms with Crippen LogP contribution in [0.15, 0.2) is 164 Å². The van der Waals surface area contributed by atoms with Gasteiger partial charge in [0.15, 0.2) is 0 Å². The molecule has 0 radical (unpaired) electrons. The Balaban J connectivity index is 1.35. The molecule has 0 fully saturated rings. The van der Waals surface area contributed by atoms with Gasteiger partial charge in [-0.2, -0.15) is 0 Å². The van der Waals surface area contributed by atoms with Gasteiger partial charge in [-0.1, -0.05) is 164 Å². The molecule has 0 aliphatic heterocycles. The normalized spacial score (nSPS) is 17.4. The molecular weight excluding hydrogens is 607 g/mol. The number of fused-ring (bicyclic) bond motifs is 7. The molecular formula is C44H37O3P. The van der Waals surface area contributed by atoms with Crippen LogP contribution in [-0.2, 0) is 25.6 Å². The highest BCUT2D eigenvalue weighted by atomic mass is 31.2. The fraction of sp³-hybridized carbons (Fsp3) is 0.136. The van der Waals surface area contributed by atoms with Crippen molar-refractivity contribution >= 4 is 30.1 Å². The molecule has 1 aliphatic carbocycles. The average Bonchev–Trinajstić information content (AvgIpc) is 3.15. The fourth-order valence-electron chi connectivity index (χ4n) is 7.15. The van der Waals surface area contributed by atoms with E-state index in [1.807, 2.05) is 36.4 Å². The van der Waals surface area contributed by atoms with Crippen LogP contribution in [0.25, 0.3) is 32.7 Å². The third kappa shape index (κ3) is 5.64. The van der Waals surface area contributed by atoms with Crippen molar-refractivity contribution in [3.05, 3.63) is 192 Å². The van der Waals surface area contributed by atoms with E-state index in [4.69, 9.17) is 13.6 Å². The summed E-state index contributed by atoms with van der Waals surface area (Å²) in [6.07, 6.45) is 0.119. The molecule has 8 rings (SSSR count). The summed E-state index contributed by atoms with van der Waals surface area (Å²) in [7, 11) is -1.89. The van der Waals surface area contributed by atoms with Crippen LogP contribution in [0.5, 0.6) is 0 Å². The summed E-state index contributed by atoms with van der Waals surface area (Å²) in [6.45, 7) is 4.15. The Labute approximate surface area is 283 Å². The van der Waals surface area contributed by atoms with Crippen LogP contribution in [0.2, 0.25) is 0 Å². The van der Waals surface area contributed by atoms with Crippen molar-refractivity contribution in [3.8, 4) is 11.1 Å². The first-order valence-electron chi connectivity index (χ1n) is 16.6. The molecule has 7 aromatic rings. The molecule has 4 heteroatoms. The maximum atomic E-state index is 7.61. The van der Waals surface area contributed by atoms with Crippen molar-refractivity contribution in [1.29, 1.82) is 0 Å². The van der Waals surface area contributed by atoms with E-state index < -0.39 is 14.2 Å². The number of benzene rings is 7. The molecule has 3 atom stereocenters. The molecule has 0 spiro atoms. The van der Waals surface area contributed by atoms with Crippen molar-refractivity contribution in [3.63, 3.8) is 0 Å². The molecule has 236 valence electrons. The Bertz CT molecular complexity index is 2140. The van der Waals surface area contributed by atoms with Crippen molar-refractivity contribution in [2.45, 2.75) is 38.1 Å². The molecule has 3 unspecified atom stereocenters. The average molecular weight is 645 g/mol. The first-order chi connectivity index (χ1) is 23.6. The molecule has 0 saturated heterocycles. The highest BCUT2D eigenvalue weighted by Gasteiger charge is 2.47. The van der Waals surface area contributed by atoms with Gasteiger partial charge in [-0.25, -0.2) is 0 Å². The zero-order valence-corrected chi connectivity index (χ0v) is 28.0. The summed E-state index contributed by atoms with van der Waals surface area (Å²) in [5, 5.41) is 4.79. The summed E-state index contributed by atoms with van der Waals surface area (Å²) in [4.78, 5) is 0. The van der Waals surface area contributed by atoms with Crippen LogP contribution in [0.1, 0.15) is 53.9 Å². The van der Waals surface area contributed by atoms with E-state index >= 15 is 0 Å².